The smallest absolute Gasteiger partial charge is 0.277 e. The van der Waals surface area contributed by atoms with E-state index in [0.717, 1.165) is 11.1 Å². The van der Waals surface area contributed by atoms with Crippen molar-refractivity contribution in [3.63, 3.8) is 0 Å². The largest absolute Gasteiger partial charge is 0.411 e. The molecular weight excluding hydrogens is 323 g/mol. The average Bonchev–Trinajstić information content (AvgIpc) is 2.97. The van der Waals surface area contributed by atoms with Gasteiger partial charge in [0.2, 0.25) is 5.89 Å². The molecule has 3 aromatic rings. The van der Waals surface area contributed by atoms with Gasteiger partial charge in [-0.25, -0.2) is 4.39 Å². The van der Waals surface area contributed by atoms with E-state index < -0.39 is 0 Å². The zero-order chi connectivity index (χ0) is 15.5. The number of rotatable bonds is 4. The monoisotopic (exact) mass is 334 g/mol. The molecule has 0 aliphatic rings. The van der Waals surface area contributed by atoms with Gasteiger partial charge in [0.25, 0.3) is 5.22 Å². The Morgan fingerprint density at radius 3 is 2.41 bits per heavy atom. The highest BCUT2D eigenvalue weighted by Crippen LogP contribution is 2.35. The molecule has 0 saturated carbocycles. The van der Waals surface area contributed by atoms with Crippen molar-refractivity contribution < 1.29 is 8.81 Å². The Labute approximate surface area is 136 Å². The molecular formula is C16H12ClFN2OS. The molecule has 3 nitrogen and oxygen atoms in total. The molecule has 1 heterocycles. The predicted octanol–water partition coefficient (Wildman–Crippen LogP) is 5.38. The summed E-state index contributed by atoms with van der Waals surface area (Å²) in [4.78, 5) is 0. The van der Waals surface area contributed by atoms with Crippen molar-refractivity contribution in [1.29, 1.82) is 0 Å². The maximum atomic E-state index is 12.9. The summed E-state index contributed by atoms with van der Waals surface area (Å²) in [6, 6.07) is 13.6. The van der Waals surface area contributed by atoms with Crippen LogP contribution in [0.25, 0.3) is 11.5 Å². The highest BCUT2D eigenvalue weighted by molar-refractivity contribution is 7.99. The van der Waals surface area contributed by atoms with Gasteiger partial charge in [0.05, 0.1) is 0 Å². The van der Waals surface area contributed by atoms with Gasteiger partial charge in [0, 0.05) is 15.8 Å². The van der Waals surface area contributed by atoms with Crippen molar-refractivity contribution in [2.45, 2.75) is 17.4 Å². The third-order valence-corrected chi connectivity index (χ3v) is 4.36. The van der Waals surface area contributed by atoms with E-state index in [-0.39, 0.29) is 11.1 Å². The van der Waals surface area contributed by atoms with Crippen LogP contribution in [0, 0.1) is 5.82 Å². The average molecular weight is 335 g/mol. The van der Waals surface area contributed by atoms with Crippen molar-refractivity contribution >= 4 is 23.4 Å². The van der Waals surface area contributed by atoms with Crippen LogP contribution in [0.1, 0.15) is 17.7 Å². The van der Waals surface area contributed by atoms with E-state index in [2.05, 4.69) is 10.2 Å². The zero-order valence-corrected chi connectivity index (χ0v) is 13.2. The SMILES string of the molecule is C[C@@H](Sc1nnc(-c2ccc(Cl)cc2)o1)c1ccc(F)cc1. The summed E-state index contributed by atoms with van der Waals surface area (Å²) in [5.41, 5.74) is 1.82. The molecule has 2 aromatic carbocycles. The number of hydrogen-bond acceptors (Lipinski definition) is 4. The minimum atomic E-state index is -0.247. The van der Waals surface area contributed by atoms with E-state index in [1.807, 2.05) is 19.1 Å². The van der Waals surface area contributed by atoms with Gasteiger partial charge < -0.3 is 4.42 Å². The molecule has 0 fully saturated rings. The van der Waals surface area contributed by atoms with Gasteiger partial charge in [-0.05, 0) is 48.9 Å². The zero-order valence-electron chi connectivity index (χ0n) is 11.7. The maximum Gasteiger partial charge on any atom is 0.277 e. The lowest BCUT2D eigenvalue weighted by atomic mass is 10.2. The highest BCUT2D eigenvalue weighted by Gasteiger charge is 2.14. The standard InChI is InChI=1S/C16H12ClFN2OS/c1-10(11-4-8-14(18)9-5-11)22-16-20-19-15(21-16)12-2-6-13(17)7-3-12/h2-10H,1H3/t10-/m1/s1. The fourth-order valence-electron chi connectivity index (χ4n) is 1.92. The first-order valence-corrected chi connectivity index (χ1v) is 7.89. The summed E-state index contributed by atoms with van der Waals surface area (Å²) in [5.74, 6) is 0.203. The Hall–Kier alpha value is -1.85. The Balaban J connectivity index is 1.73. The van der Waals surface area contributed by atoms with Gasteiger partial charge in [-0.3, -0.25) is 0 Å². The van der Waals surface area contributed by atoms with Gasteiger partial charge in [-0.2, -0.15) is 0 Å². The fourth-order valence-corrected chi connectivity index (χ4v) is 2.86. The number of nitrogens with zero attached hydrogens (tertiary/aromatic N) is 2. The van der Waals surface area contributed by atoms with E-state index in [4.69, 9.17) is 16.0 Å². The van der Waals surface area contributed by atoms with Crippen LogP contribution in [0.5, 0.6) is 0 Å². The molecule has 0 N–H and O–H groups in total. The van der Waals surface area contributed by atoms with E-state index in [9.17, 15) is 4.39 Å². The topological polar surface area (TPSA) is 38.9 Å². The summed E-state index contributed by atoms with van der Waals surface area (Å²) < 4.78 is 18.6. The molecule has 1 aromatic heterocycles. The van der Waals surface area contributed by atoms with Crippen LogP contribution in [0.3, 0.4) is 0 Å². The second kappa shape index (κ2) is 6.50. The molecule has 0 bridgehead atoms. The molecule has 22 heavy (non-hydrogen) atoms. The summed E-state index contributed by atoms with van der Waals surface area (Å²) in [5, 5.41) is 9.29. The fraction of sp³-hybridized carbons (Fsp3) is 0.125. The molecule has 0 aliphatic heterocycles. The van der Waals surface area contributed by atoms with Gasteiger partial charge >= 0.3 is 0 Å². The summed E-state index contributed by atoms with van der Waals surface area (Å²) >= 11 is 7.29. The first-order chi connectivity index (χ1) is 10.6. The van der Waals surface area contributed by atoms with Crippen molar-refractivity contribution in [3.8, 4) is 11.5 Å². The van der Waals surface area contributed by atoms with Gasteiger partial charge in [-0.15, -0.1) is 10.2 Å². The van der Waals surface area contributed by atoms with Crippen LogP contribution in [-0.4, -0.2) is 10.2 Å². The number of aromatic nitrogens is 2. The van der Waals surface area contributed by atoms with E-state index in [1.165, 1.54) is 23.9 Å². The first kappa shape index (κ1) is 15.1. The molecule has 0 unspecified atom stereocenters. The lowest BCUT2D eigenvalue weighted by molar-refractivity contribution is 0.465. The number of hydrogen-bond donors (Lipinski definition) is 0. The van der Waals surface area contributed by atoms with E-state index >= 15 is 0 Å². The van der Waals surface area contributed by atoms with Crippen molar-refractivity contribution in [2.75, 3.05) is 0 Å². The lowest BCUT2D eigenvalue weighted by Crippen LogP contribution is -1.88. The van der Waals surface area contributed by atoms with Crippen LogP contribution in [0.2, 0.25) is 5.02 Å². The second-order valence-electron chi connectivity index (χ2n) is 4.69. The predicted molar refractivity (Wildman–Crippen MR) is 85.4 cm³/mol. The number of thioether (sulfide) groups is 1. The molecule has 0 amide bonds. The molecule has 0 saturated heterocycles. The van der Waals surface area contributed by atoms with Crippen molar-refractivity contribution in [2.24, 2.45) is 0 Å². The van der Waals surface area contributed by atoms with Gasteiger partial charge in [0.1, 0.15) is 5.82 Å². The van der Waals surface area contributed by atoms with Crippen molar-refractivity contribution in [3.05, 3.63) is 64.9 Å². The highest BCUT2D eigenvalue weighted by atomic mass is 35.5. The Kier molecular flexibility index (Phi) is 4.45. The molecule has 6 heteroatoms. The van der Waals surface area contributed by atoms with Gasteiger partial charge in [-0.1, -0.05) is 35.5 Å². The van der Waals surface area contributed by atoms with Crippen LogP contribution >= 0.6 is 23.4 Å². The summed E-state index contributed by atoms with van der Waals surface area (Å²) in [6.45, 7) is 2.00. The number of halogens is 2. The molecule has 0 aliphatic carbocycles. The molecule has 112 valence electrons. The molecule has 0 spiro atoms. The van der Waals surface area contributed by atoms with Gasteiger partial charge in [0.15, 0.2) is 0 Å². The molecule has 1 atom stereocenters. The molecule has 0 radical (unpaired) electrons. The summed E-state index contributed by atoms with van der Waals surface area (Å²) in [6.07, 6.45) is 0. The Morgan fingerprint density at radius 2 is 1.73 bits per heavy atom. The van der Waals surface area contributed by atoms with Crippen LogP contribution < -0.4 is 0 Å². The third-order valence-electron chi connectivity index (χ3n) is 3.11. The Morgan fingerprint density at radius 1 is 1.05 bits per heavy atom. The maximum absolute atomic E-state index is 12.9. The van der Waals surface area contributed by atoms with Crippen molar-refractivity contribution in [1.82, 2.24) is 10.2 Å². The Bertz CT molecular complexity index is 759. The third kappa shape index (κ3) is 3.48. The van der Waals surface area contributed by atoms with E-state index in [1.54, 1.807) is 24.3 Å². The quantitative estimate of drug-likeness (QED) is 0.600. The normalized spacial score (nSPS) is 12.3. The minimum absolute atomic E-state index is 0.0825. The minimum Gasteiger partial charge on any atom is -0.411 e. The number of benzene rings is 2. The lowest BCUT2D eigenvalue weighted by Gasteiger charge is -2.08. The second-order valence-corrected chi connectivity index (χ2v) is 6.42. The first-order valence-electron chi connectivity index (χ1n) is 6.63. The van der Waals surface area contributed by atoms with Crippen LogP contribution in [0.4, 0.5) is 4.39 Å². The molecule has 3 rings (SSSR count). The van der Waals surface area contributed by atoms with Crippen LogP contribution in [-0.2, 0) is 0 Å². The van der Waals surface area contributed by atoms with E-state index in [0.29, 0.717) is 16.1 Å². The summed E-state index contributed by atoms with van der Waals surface area (Å²) in [7, 11) is 0. The van der Waals surface area contributed by atoms with Crippen LogP contribution in [0.15, 0.2) is 58.2 Å².